The minimum absolute atomic E-state index is 0.238. The maximum atomic E-state index is 5.75. The van der Waals surface area contributed by atoms with E-state index in [-0.39, 0.29) is 6.10 Å². The van der Waals surface area contributed by atoms with Crippen LogP contribution >= 0.6 is 0 Å². The summed E-state index contributed by atoms with van der Waals surface area (Å²) in [7, 11) is 0. The smallest absolute Gasteiger partial charge is 0.213 e. The molecule has 1 N–H and O–H groups in total. The first-order valence-electron chi connectivity index (χ1n) is 6.08. The third kappa shape index (κ3) is 2.35. The Bertz CT molecular complexity index is 365. The third-order valence-electron chi connectivity index (χ3n) is 3.12. The number of rotatable bonds is 3. The molecule has 0 fully saturated rings. The number of pyridine rings is 1. The van der Waals surface area contributed by atoms with Gasteiger partial charge in [-0.3, -0.25) is 0 Å². The number of nitrogens with zero attached hydrogens (tertiary/aromatic N) is 1. The highest BCUT2D eigenvalue weighted by molar-refractivity contribution is 5.30. The molecule has 88 valence electrons. The average molecular weight is 220 g/mol. The second-order valence-corrected chi connectivity index (χ2v) is 4.56. The Balaban J connectivity index is 2.20. The van der Waals surface area contributed by atoms with Crippen LogP contribution in [0.4, 0.5) is 0 Å². The molecule has 1 aromatic heterocycles. The van der Waals surface area contributed by atoms with E-state index < -0.39 is 0 Å². The van der Waals surface area contributed by atoms with Crippen LogP contribution in [0.15, 0.2) is 12.1 Å². The fourth-order valence-corrected chi connectivity index (χ4v) is 1.94. The lowest BCUT2D eigenvalue weighted by Crippen LogP contribution is -2.27. The molecule has 0 saturated carbocycles. The first-order chi connectivity index (χ1) is 7.70. The van der Waals surface area contributed by atoms with Crippen molar-refractivity contribution in [3.05, 3.63) is 23.4 Å². The van der Waals surface area contributed by atoms with Gasteiger partial charge < -0.3 is 10.1 Å². The van der Waals surface area contributed by atoms with Crippen LogP contribution in [0.3, 0.4) is 0 Å². The van der Waals surface area contributed by atoms with Crippen molar-refractivity contribution in [2.45, 2.75) is 45.8 Å². The quantitative estimate of drug-likeness (QED) is 0.849. The number of fused-ring (bicyclic) bond motifs is 1. The van der Waals surface area contributed by atoms with Crippen LogP contribution in [0.25, 0.3) is 0 Å². The van der Waals surface area contributed by atoms with Crippen LogP contribution in [-0.4, -0.2) is 17.6 Å². The van der Waals surface area contributed by atoms with E-state index in [1.54, 1.807) is 0 Å². The zero-order valence-corrected chi connectivity index (χ0v) is 10.3. The number of nitrogens with one attached hydrogen (secondary N) is 1. The van der Waals surface area contributed by atoms with Gasteiger partial charge in [0.1, 0.15) is 0 Å². The van der Waals surface area contributed by atoms with Gasteiger partial charge in [0, 0.05) is 25.1 Å². The monoisotopic (exact) mass is 220 g/mol. The van der Waals surface area contributed by atoms with Gasteiger partial charge in [0.2, 0.25) is 5.88 Å². The van der Waals surface area contributed by atoms with Crippen LogP contribution in [0.5, 0.6) is 5.88 Å². The lowest BCUT2D eigenvalue weighted by Gasteiger charge is -2.23. The van der Waals surface area contributed by atoms with Crippen molar-refractivity contribution in [2.24, 2.45) is 0 Å². The molecular formula is C13H20N2O. The van der Waals surface area contributed by atoms with Gasteiger partial charge in [0.15, 0.2) is 0 Å². The van der Waals surface area contributed by atoms with Crippen LogP contribution in [-0.2, 0) is 6.54 Å². The van der Waals surface area contributed by atoms with Crippen molar-refractivity contribution in [2.75, 3.05) is 6.54 Å². The van der Waals surface area contributed by atoms with Crippen LogP contribution in [0, 0.1) is 0 Å². The van der Waals surface area contributed by atoms with Crippen LogP contribution in [0.2, 0.25) is 0 Å². The molecule has 2 heterocycles. The second kappa shape index (κ2) is 4.83. The third-order valence-corrected chi connectivity index (χ3v) is 3.12. The Morgan fingerprint density at radius 2 is 2.38 bits per heavy atom. The highest BCUT2D eigenvalue weighted by atomic mass is 16.5. The van der Waals surface area contributed by atoms with Gasteiger partial charge in [-0.1, -0.05) is 19.9 Å². The zero-order chi connectivity index (χ0) is 11.5. The normalized spacial score (nSPS) is 21.3. The highest BCUT2D eigenvalue weighted by Gasteiger charge is 2.18. The molecule has 0 spiro atoms. The van der Waals surface area contributed by atoms with Gasteiger partial charge in [-0.15, -0.1) is 0 Å². The first-order valence-corrected chi connectivity index (χ1v) is 6.08. The molecule has 2 rings (SSSR count). The van der Waals surface area contributed by atoms with E-state index in [1.807, 2.05) is 6.07 Å². The number of hydrogen-bond acceptors (Lipinski definition) is 3. The van der Waals surface area contributed by atoms with E-state index in [0.717, 1.165) is 25.4 Å². The van der Waals surface area contributed by atoms with Crippen LogP contribution < -0.4 is 10.1 Å². The lowest BCUT2D eigenvalue weighted by atomic mass is 9.98. The molecule has 3 nitrogen and oxygen atoms in total. The van der Waals surface area contributed by atoms with E-state index in [4.69, 9.17) is 4.74 Å². The molecule has 2 atom stereocenters. The molecule has 1 aromatic rings. The SMILES string of the molecule is CC[C@@H](C)Oc1ccc2c(n1)C(C)CNC2. The summed E-state index contributed by atoms with van der Waals surface area (Å²) in [5, 5.41) is 3.38. The maximum Gasteiger partial charge on any atom is 0.213 e. The highest BCUT2D eigenvalue weighted by Crippen LogP contribution is 2.24. The fourth-order valence-electron chi connectivity index (χ4n) is 1.94. The molecule has 16 heavy (non-hydrogen) atoms. The van der Waals surface area contributed by atoms with Crippen molar-refractivity contribution >= 4 is 0 Å². The Labute approximate surface area is 97.2 Å². The van der Waals surface area contributed by atoms with Gasteiger partial charge in [-0.2, -0.15) is 0 Å². The topological polar surface area (TPSA) is 34.1 Å². The van der Waals surface area contributed by atoms with E-state index in [9.17, 15) is 0 Å². The van der Waals surface area contributed by atoms with Crippen molar-refractivity contribution in [3.63, 3.8) is 0 Å². The molecule has 0 aliphatic carbocycles. The summed E-state index contributed by atoms with van der Waals surface area (Å²) in [5.74, 6) is 1.24. The second-order valence-electron chi connectivity index (χ2n) is 4.56. The molecule has 1 aliphatic heterocycles. The first kappa shape index (κ1) is 11.4. The molecule has 1 unspecified atom stereocenters. The molecule has 0 radical (unpaired) electrons. The minimum atomic E-state index is 0.238. The fraction of sp³-hybridized carbons (Fsp3) is 0.615. The lowest BCUT2D eigenvalue weighted by molar-refractivity contribution is 0.207. The van der Waals surface area contributed by atoms with Gasteiger partial charge in [0.05, 0.1) is 11.8 Å². The molecule has 3 heteroatoms. The summed E-state index contributed by atoms with van der Waals surface area (Å²) in [4.78, 5) is 4.62. The summed E-state index contributed by atoms with van der Waals surface area (Å²) in [6.07, 6.45) is 1.25. The Kier molecular flexibility index (Phi) is 3.44. The van der Waals surface area contributed by atoms with Gasteiger partial charge in [0.25, 0.3) is 0 Å². The predicted octanol–water partition coefficient (Wildman–Crippen LogP) is 2.47. The molecule has 0 amide bonds. The standard InChI is InChI=1S/C13H20N2O/c1-4-10(3)16-12-6-5-11-8-14-7-9(2)13(11)15-12/h5-6,9-10,14H,4,7-8H2,1-3H3/t9?,10-/m1/s1. The zero-order valence-electron chi connectivity index (χ0n) is 10.3. The molecular weight excluding hydrogens is 200 g/mol. The summed E-state index contributed by atoms with van der Waals surface area (Å²) < 4.78 is 5.75. The number of ether oxygens (including phenoxy) is 1. The summed E-state index contributed by atoms with van der Waals surface area (Å²) in [6, 6.07) is 4.10. The van der Waals surface area contributed by atoms with E-state index in [2.05, 4.69) is 37.1 Å². The van der Waals surface area contributed by atoms with E-state index >= 15 is 0 Å². The number of hydrogen-bond donors (Lipinski definition) is 1. The number of aromatic nitrogens is 1. The van der Waals surface area contributed by atoms with Crippen molar-refractivity contribution in [1.29, 1.82) is 0 Å². The van der Waals surface area contributed by atoms with Gasteiger partial charge >= 0.3 is 0 Å². The Hall–Kier alpha value is -1.09. The van der Waals surface area contributed by atoms with Crippen molar-refractivity contribution in [3.8, 4) is 5.88 Å². The molecule has 0 aromatic carbocycles. The molecule has 0 saturated heterocycles. The van der Waals surface area contributed by atoms with Crippen molar-refractivity contribution < 1.29 is 4.74 Å². The summed E-state index contributed by atoms with van der Waals surface area (Å²) in [5.41, 5.74) is 2.50. The van der Waals surface area contributed by atoms with E-state index in [1.165, 1.54) is 11.3 Å². The summed E-state index contributed by atoms with van der Waals surface area (Å²) >= 11 is 0. The minimum Gasteiger partial charge on any atom is -0.475 e. The van der Waals surface area contributed by atoms with Crippen molar-refractivity contribution in [1.82, 2.24) is 10.3 Å². The maximum absolute atomic E-state index is 5.75. The largest absolute Gasteiger partial charge is 0.475 e. The summed E-state index contributed by atoms with van der Waals surface area (Å²) in [6.45, 7) is 8.33. The van der Waals surface area contributed by atoms with Crippen LogP contribution in [0.1, 0.15) is 44.4 Å². The van der Waals surface area contributed by atoms with Gasteiger partial charge in [-0.25, -0.2) is 4.98 Å². The molecule has 1 aliphatic rings. The van der Waals surface area contributed by atoms with Gasteiger partial charge in [-0.05, 0) is 18.9 Å². The average Bonchev–Trinajstić information content (AvgIpc) is 2.30. The Morgan fingerprint density at radius 1 is 1.56 bits per heavy atom. The van der Waals surface area contributed by atoms with E-state index in [0.29, 0.717) is 5.92 Å². The molecule has 0 bridgehead atoms. The predicted molar refractivity (Wildman–Crippen MR) is 64.7 cm³/mol. The Morgan fingerprint density at radius 3 is 3.12 bits per heavy atom.